The molecule has 0 aliphatic heterocycles. The second kappa shape index (κ2) is 5.65. The first-order valence-corrected chi connectivity index (χ1v) is 6.65. The van der Waals surface area contributed by atoms with Crippen LogP contribution < -0.4 is 0 Å². The molecule has 0 bridgehead atoms. The first kappa shape index (κ1) is 13.5. The quantitative estimate of drug-likeness (QED) is 0.634. The Morgan fingerprint density at radius 3 is 2.56 bits per heavy atom. The van der Waals surface area contributed by atoms with Gasteiger partial charge in [-0.3, -0.25) is 4.79 Å². The van der Waals surface area contributed by atoms with Crippen LogP contribution in [0.15, 0.2) is 12.2 Å². The first-order chi connectivity index (χ1) is 7.49. The summed E-state index contributed by atoms with van der Waals surface area (Å²) < 4.78 is 0. The van der Waals surface area contributed by atoms with Gasteiger partial charge in [0.15, 0.2) is 5.78 Å². The molecule has 0 aromatic heterocycles. The third-order valence-electron chi connectivity index (χ3n) is 4.03. The van der Waals surface area contributed by atoms with Crippen molar-refractivity contribution in [2.24, 2.45) is 17.3 Å². The SMILES string of the molecule is C/C=C/C(=O)C1C(C)CCCCCC1(C)C. The van der Waals surface area contributed by atoms with Crippen LogP contribution in [-0.4, -0.2) is 5.78 Å². The number of carbonyl (C=O) groups is 1. The molecule has 2 unspecified atom stereocenters. The molecule has 0 spiro atoms. The molecule has 0 saturated heterocycles. The third-order valence-corrected chi connectivity index (χ3v) is 4.03. The Balaban J connectivity index is 2.90. The van der Waals surface area contributed by atoms with Crippen molar-refractivity contribution in [1.29, 1.82) is 0 Å². The summed E-state index contributed by atoms with van der Waals surface area (Å²) in [5.74, 6) is 1.07. The number of rotatable bonds is 2. The van der Waals surface area contributed by atoms with E-state index in [-0.39, 0.29) is 11.3 Å². The summed E-state index contributed by atoms with van der Waals surface area (Å²) in [5, 5.41) is 0. The minimum absolute atomic E-state index is 0.163. The number of hydrogen-bond donors (Lipinski definition) is 0. The maximum atomic E-state index is 12.2. The van der Waals surface area contributed by atoms with Crippen molar-refractivity contribution in [3.05, 3.63) is 12.2 Å². The van der Waals surface area contributed by atoms with Crippen LogP contribution in [0.5, 0.6) is 0 Å². The summed E-state index contributed by atoms with van der Waals surface area (Å²) in [7, 11) is 0. The van der Waals surface area contributed by atoms with E-state index in [4.69, 9.17) is 0 Å². The Hall–Kier alpha value is -0.590. The fourth-order valence-corrected chi connectivity index (χ4v) is 3.25. The Bertz CT molecular complexity index is 263. The summed E-state index contributed by atoms with van der Waals surface area (Å²) in [6, 6.07) is 0. The highest BCUT2D eigenvalue weighted by Crippen LogP contribution is 2.41. The van der Waals surface area contributed by atoms with E-state index in [1.54, 1.807) is 6.08 Å². The standard InChI is InChI=1S/C15H26O/c1-5-9-13(16)14-12(2)10-7-6-8-11-15(14,3)4/h5,9,12,14H,6-8,10-11H2,1-4H3/b9-5+. The second-order valence-corrected chi connectivity index (χ2v) is 5.95. The maximum Gasteiger partial charge on any atom is 0.159 e. The third kappa shape index (κ3) is 3.20. The largest absolute Gasteiger partial charge is 0.295 e. The Labute approximate surface area is 100 Å². The van der Waals surface area contributed by atoms with E-state index in [2.05, 4.69) is 20.8 Å². The van der Waals surface area contributed by atoms with Gasteiger partial charge in [-0.2, -0.15) is 0 Å². The molecule has 1 rings (SSSR count). The smallest absolute Gasteiger partial charge is 0.159 e. The van der Waals surface area contributed by atoms with Crippen LogP contribution in [0.4, 0.5) is 0 Å². The molecule has 1 saturated carbocycles. The van der Waals surface area contributed by atoms with Gasteiger partial charge < -0.3 is 0 Å². The molecule has 0 amide bonds. The van der Waals surface area contributed by atoms with E-state index in [0.29, 0.717) is 11.7 Å². The van der Waals surface area contributed by atoms with Crippen LogP contribution in [0, 0.1) is 17.3 Å². The van der Waals surface area contributed by atoms with Crippen molar-refractivity contribution >= 4 is 5.78 Å². The van der Waals surface area contributed by atoms with Crippen LogP contribution in [0.2, 0.25) is 0 Å². The topological polar surface area (TPSA) is 17.1 Å². The van der Waals surface area contributed by atoms with Gasteiger partial charge in [-0.15, -0.1) is 0 Å². The first-order valence-electron chi connectivity index (χ1n) is 6.65. The molecule has 1 aliphatic carbocycles. The lowest BCUT2D eigenvalue weighted by Gasteiger charge is -2.38. The van der Waals surface area contributed by atoms with Gasteiger partial charge in [0, 0.05) is 5.92 Å². The highest BCUT2D eigenvalue weighted by atomic mass is 16.1. The highest BCUT2D eigenvalue weighted by Gasteiger charge is 2.37. The van der Waals surface area contributed by atoms with Crippen molar-refractivity contribution in [2.45, 2.75) is 59.8 Å². The molecule has 2 atom stereocenters. The van der Waals surface area contributed by atoms with Gasteiger partial charge in [0.1, 0.15) is 0 Å². The molecule has 0 aromatic rings. The van der Waals surface area contributed by atoms with Gasteiger partial charge in [0.05, 0.1) is 0 Å². The van der Waals surface area contributed by atoms with Gasteiger partial charge in [0.25, 0.3) is 0 Å². The van der Waals surface area contributed by atoms with Crippen molar-refractivity contribution in [1.82, 2.24) is 0 Å². The van der Waals surface area contributed by atoms with E-state index in [1.165, 1.54) is 32.1 Å². The van der Waals surface area contributed by atoms with E-state index >= 15 is 0 Å². The van der Waals surface area contributed by atoms with E-state index in [0.717, 1.165) is 0 Å². The number of carbonyl (C=O) groups excluding carboxylic acids is 1. The lowest BCUT2D eigenvalue weighted by Crippen LogP contribution is -2.36. The Morgan fingerprint density at radius 1 is 1.25 bits per heavy atom. The van der Waals surface area contributed by atoms with Gasteiger partial charge in [-0.1, -0.05) is 46.1 Å². The second-order valence-electron chi connectivity index (χ2n) is 5.95. The molecule has 92 valence electrons. The predicted octanol–water partition coefficient (Wildman–Crippen LogP) is 4.37. The zero-order chi connectivity index (χ0) is 12.2. The predicted molar refractivity (Wildman–Crippen MR) is 69.3 cm³/mol. The van der Waals surface area contributed by atoms with Gasteiger partial charge >= 0.3 is 0 Å². The zero-order valence-electron chi connectivity index (χ0n) is 11.3. The normalized spacial score (nSPS) is 31.0. The van der Waals surface area contributed by atoms with E-state index in [9.17, 15) is 4.79 Å². The molecule has 1 fully saturated rings. The molecule has 1 heteroatoms. The molecule has 0 aromatic carbocycles. The lowest BCUT2D eigenvalue weighted by atomic mass is 9.65. The van der Waals surface area contributed by atoms with Crippen LogP contribution in [0.3, 0.4) is 0 Å². The molecule has 1 aliphatic rings. The Kier molecular flexibility index (Phi) is 4.76. The van der Waals surface area contributed by atoms with E-state index < -0.39 is 0 Å². The number of ketones is 1. The maximum absolute atomic E-state index is 12.2. The number of allylic oxidation sites excluding steroid dienone is 2. The van der Waals surface area contributed by atoms with E-state index in [1.807, 2.05) is 13.0 Å². The average Bonchev–Trinajstić information content (AvgIpc) is 2.15. The molecule has 0 radical (unpaired) electrons. The average molecular weight is 222 g/mol. The fourth-order valence-electron chi connectivity index (χ4n) is 3.25. The lowest BCUT2D eigenvalue weighted by molar-refractivity contribution is -0.124. The summed E-state index contributed by atoms with van der Waals surface area (Å²) in [6.45, 7) is 8.71. The minimum Gasteiger partial charge on any atom is -0.295 e. The van der Waals surface area contributed by atoms with Gasteiger partial charge in [-0.25, -0.2) is 0 Å². The fraction of sp³-hybridized carbons (Fsp3) is 0.800. The summed E-state index contributed by atoms with van der Waals surface area (Å²) >= 11 is 0. The van der Waals surface area contributed by atoms with Crippen molar-refractivity contribution in [2.75, 3.05) is 0 Å². The van der Waals surface area contributed by atoms with Crippen molar-refractivity contribution < 1.29 is 4.79 Å². The molecule has 16 heavy (non-hydrogen) atoms. The van der Waals surface area contributed by atoms with Crippen LogP contribution >= 0.6 is 0 Å². The van der Waals surface area contributed by atoms with Gasteiger partial charge in [0.2, 0.25) is 0 Å². The van der Waals surface area contributed by atoms with Crippen LogP contribution in [0.25, 0.3) is 0 Å². The molecular formula is C15H26O. The molecule has 0 N–H and O–H groups in total. The Morgan fingerprint density at radius 2 is 1.94 bits per heavy atom. The molecular weight excluding hydrogens is 196 g/mol. The van der Waals surface area contributed by atoms with Gasteiger partial charge in [-0.05, 0) is 37.2 Å². The summed E-state index contributed by atoms with van der Waals surface area (Å²) in [5.41, 5.74) is 0.163. The van der Waals surface area contributed by atoms with Crippen LogP contribution in [0.1, 0.15) is 59.8 Å². The summed E-state index contributed by atoms with van der Waals surface area (Å²) in [4.78, 5) is 12.2. The number of hydrogen-bond acceptors (Lipinski definition) is 1. The van der Waals surface area contributed by atoms with Crippen molar-refractivity contribution in [3.63, 3.8) is 0 Å². The molecule has 1 nitrogen and oxygen atoms in total. The zero-order valence-corrected chi connectivity index (χ0v) is 11.3. The van der Waals surface area contributed by atoms with Crippen molar-refractivity contribution in [3.8, 4) is 0 Å². The van der Waals surface area contributed by atoms with Crippen LogP contribution in [-0.2, 0) is 4.79 Å². The highest BCUT2D eigenvalue weighted by molar-refractivity contribution is 5.92. The minimum atomic E-state index is 0.163. The monoisotopic (exact) mass is 222 g/mol. The summed E-state index contributed by atoms with van der Waals surface area (Å²) in [6.07, 6.45) is 9.94. The molecule has 0 heterocycles.